The van der Waals surface area contributed by atoms with Gasteiger partial charge in [-0.25, -0.2) is 8.78 Å². The molecule has 0 amide bonds. The highest BCUT2D eigenvalue weighted by Gasteiger charge is 2.06. The number of nitrogen functional groups attached to an aromatic ring is 1. The van der Waals surface area contributed by atoms with Crippen LogP contribution in [-0.2, 0) is 0 Å². The molecule has 0 saturated heterocycles. The third-order valence-corrected chi connectivity index (χ3v) is 1.27. The molecule has 0 radical (unpaired) electrons. The summed E-state index contributed by atoms with van der Waals surface area (Å²) in [4.78, 5) is 0. The van der Waals surface area contributed by atoms with Gasteiger partial charge >= 0.3 is 0 Å². The largest absolute Gasteiger partial charge is 0.494 e. The van der Waals surface area contributed by atoms with Gasteiger partial charge in [0.25, 0.3) is 0 Å². The zero-order valence-electron chi connectivity index (χ0n) is 6.30. The molecule has 0 fully saturated rings. The number of benzene rings is 1. The minimum absolute atomic E-state index is 0. The molecule has 0 unspecified atom stereocenters. The summed E-state index contributed by atoms with van der Waals surface area (Å²) in [6, 6.07) is 1.79. The van der Waals surface area contributed by atoms with Gasteiger partial charge in [0.2, 0.25) is 0 Å². The maximum atomic E-state index is 12.4. The van der Waals surface area contributed by atoms with Gasteiger partial charge in [0, 0.05) is 12.1 Å². The van der Waals surface area contributed by atoms with Crippen LogP contribution in [0.4, 0.5) is 14.5 Å². The molecule has 0 saturated carbocycles. The van der Waals surface area contributed by atoms with Crippen molar-refractivity contribution in [3.05, 3.63) is 23.8 Å². The molecule has 0 aliphatic rings. The number of anilines is 1. The molecule has 0 bridgehead atoms. The minimum atomic E-state index is -0.969. The van der Waals surface area contributed by atoms with Crippen molar-refractivity contribution in [1.29, 1.82) is 0 Å². The third kappa shape index (κ3) is 1.98. The molecular weight excluding hydrogens is 188 g/mol. The standard InChI is InChI=1S/C7H7F2NO.ClH/c1-11-7-3-5(9)4(8)2-6(7)10;/h2-3H,10H2,1H3;1H. The van der Waals surface area contributed by atoms with Crippen LogP contribution in [0.25, 0.3) is 0 Å². The van der Waals surface area contributed by atoms with E-state index < -0.39 is 11.6 Å². The number of nitrogens with two attached hydrogens (primary N) is 1. The van der Waals surface area contributed by atoms with Crippen LogP contribution in [0.5, 0.6) is 5.75 Å². The van der Waals surface area contributed by atoms with E-state index in [0.717, 1.165) is 12.1 Å². The highest BCUT2D eigenvalue weighted by Crippen LogP contribution is 2.23. The first-order chi connectivity index (χ1) is 5.15. The summed E-state index contributed by atoms with van der Waals surface area (Å²) < 4.78 is 29.5. The summed E-state index contributed by atoms with van der Waals surface area (Å²) in [6.45, 7) is 0. The zero-order chi connectivity index (χ0) is 8.43. The molecular formula is C7H8ClF2NO. The Balaban J connectivity index is 0.00000121. The Bertz CT molecular complexity index is 280. The Labute approximate surface area is 74.7 Å². The number of hydrogen-bond acceptors (Lipinski definition) is 2. The molecule has 0 aliphatic heterocycles. The molecule has 0 atom stereocenters. The van der Waals surface area contributed by atoms with Gasteiger partial charge in [0.1, 0.15) is 5.75 Å². The van der Waals surface area contributed by atoms with E-state index in [9.17, 15) is 8.78 Å². The van der Waals surface area contributed by atoms with Crippen molar-refractivity contribution in [2.45, 2.75) is 0 Å². The maximum Gasteiger partial charge on any atom is 0.162 e. The number of methoxy groups -OCH3 is 1. The fraction of sp³-hybridized carbons (Fsp3) is 0.143. The van der Waals surface area contributed by atoms with E-state index >= 15 is 0 Å². The lowest BCUT2D eigenvalue weighted by molar-refractivity contribution is 0.409. The van der Waals surface area contributed by atoms with Crippen LogP contribution >= 0.6 is 12.4 Å². The number of halogens is 3. The molecule has 2 N–H and O–H groups in total. The van der Waals surface area contributed by atoms with E-state index in [4.69, 9.17) is 5.73 Å². The van der Waals surface area contributed by atoms with E-state index in [2.05, 4.69) is 4.74 Å². The van der Waals surface area contributed by atoms with Crippen LogP contribution < -0.4 is 10.5 Å². The van der Waals surface area contributed by atoms with Gasteiger partial charge in [-0.3, -0.25) is 0 Å². The predicted octanol–water partition coefficient (Wildman–Crippen LogP) is 1.98. The lowest BCUT2D eigenvalue weighted by Crippen LogP contribution is -1.95. The van der Waals surface area contributed by atoms with Crippen molar-refractivity contribution in [1.82, 2.24) is 0 Å². The molecule has 1 aromatic rings. The summed E-state index contributed by atoms with van der Waals surface area (Å²) in [5, 5.41) is 0. The molecule has 0 aliphatic carbocycles. The summed E-state index contributed by atoms with van der Waals surface area (Å²) in [5.74, 6) is -1.79. The van der Waals surface area contributed by atoms with Crippen molar-refractivity contribution in [3.8, 4) is 5.75 Å². The molecule has 1 aromatic carbocycles. The van der Waals surface area contributed by atoms with Crippen LogP contribution in [0.3, 0.4) is 0 Å². The summed E-state index contributed by atoms with van der Waals surface area (Å²) in [5.41, 5.74) is 5.36. The van der Waals surface area contributed by atoms with Gasteiger partial charge in [0.15, 0.2) is 11.6 Å². The van der Waals surface area contributed by atoms with Crippen molar-refractivity contribution in [2.75, 3.05) is 12.8 Å². The van der Waals surface area contributed by atoms with Gasteiger partial charge < -0.3 is 10.5 Å². The molecule has 68 valence electrons. The number of hydrogen-bond donors (Lipinski definition) is 1. The van der Waals surface area contributed by atoms with Crippen LogP contribution in [0, 0.1) is 11.6 Å². The third-order valence-electron chi connectivity index (χ3n) is 1.27. The first-order valence-corrected chi connectivity index (χ1v) is 2.93. The molecule has 0 aromatic heterocycles. The molecule has 0 spiro atoms. The fourth-order valence-corrected chi connectivity index (χ4v) is 0.721. The van der Waals surface area contributed by atoms with Crippen LogP contribution in [0.1, 0.15) is 0 Å². The average Bonchev–Trinajstić information content (AvgIpc) is 1.97. The monoisotopic (exact) mass is 195 g/mol. The summed E-state index contributed by atoms with van der Waals surface area (Å²) in [7, 11) is 1.34. The van der Waals surface area contributed by atoms with Crippen LogP contribution in [0.2, 0.25) is 0 Å². The normalized spacial score (nSPS) is 8.92. The SMILES string of the molecule is COc1cc(F)c(F)cc1N.Cl. The van der Waals surface area contributed by atoms with Gasteiger partial charge in [-0.2, -0.15) is 0 Å². The smallest absolute Gasteiger partial charge is 0.162 e. The second kappa shape index (κ2) is 4.11. The summed E-state index contributed by atoms with van der Waals surface area (Å²) in [6.07, 6.45) is 0. The second-order valence-corrected chi connectivity index (χ2v) is 2.01. The molecule has 0 heterocycles. The summed E-state index contributed by atoms with van der Waals surface area (Å²) >= 11 is 0. The number of rotatable bonds is 1. The quantitative estimate of drug-likeness (QED) is 0.696. The molecule has 12 heavy (non-hydrogen) atoms. The predicted molar refractivity (Wildman–Crippen MR) is 44.6 cm³/mol. The van der Waals surface area contributed by atoms with E-state index in [1.165, 1.54) is 7.11 Å². The van der Waals surface area contributed by atoms with E-state index in [-0.39, 0.29) is 23.8 Å². The minimum Gasteiger partial charge on any atom is -0.494 e. The topological polar surface area (TPSA) is 35.2 Å². The zero-order valence-corrected chi connectivity index (χ0v) is 7.12. The van der Waals surface area contributed by atoms with Crippen molar-refractivity contribution >= 4 is 18.1 Å². The Kier molecular flexibility index (Phi) is 3.76. The Morgan fingerprint density at radius 3 is 2.25 bits per heavy atom. The van der Waals surface area contributed by atoms with Crippen molar-refractivity contribution in [3.63, 3.8) is 0 Å². The second-order valence-electron chi connectivity index (χ2n) is 2.01. The first-order valence-electron chi connectivity index (χ1n) is 2.93. The lowest BCUT2D eigenvalue weighted by Gasteiger charge is -2.03. The van der Waals surface area contributed by atoms with E-state index in [0.29, 0.717) is 0 Å². The van der Waals surface area contributed by atoms with Crippen molar-refractivity contribution in [2.24, 2.45) is 0 Å². The first kappa shape index (κ1) is 11.0. The average molecular weight is 196 g/mol. The lowest BCUT2D eigenvalue weighted by atomic mass is 10.3. The van der Waals surface area contributed by atoms with Crippen LogP contribution in [-0.4, -0.2) is 7.11 Å². The van der Waals surface area contributed by atoms with E-state index in [1.807, 2.05) is 0 Å². The molecule has 2 nitrogen and oxygen atoms in total. The van der Waals surface area contributed by atoms with Crippen molar-refractivity contribution < 1.29 is 13.5 Å². The van der Waals surface area contributed by atoms with Crippen LogP contribution in [0.15, 0.2) is 12.1 Å². The van der Waals surface area contributed by atoms with Gasteiger partial charge in [-0.05, 0) is 0 Å². The fourth-order valence-electron chi connectivity index (χ4n) is 0.721. The maximum absolute atomic E-state index is 12.4. The number of ether oxygens (including phenoxy) is 1. The Morgan fingerprint density at radius 1 is 1.25 bits per heavy atom. The van der Waals surface area contributed by atoms with Gasteiger partial charge in [-0.15, -0.1) is 12.4 Å². The molecule has 5 heteroatoms. The van der Waals surface area contributed by atoms with Gasteiger partial charge in [0.05, 0.1) is 12.8 Å². The Hall–Kier alpha value is -1.03. The molecule has 1 rings (SSSR count). The highest BCUT2D eigenvalue weighted by atomic mass is 35.5. The van der Waals surface area contributed by atoms with E-state index in [1.54, 1.807) is 0 Å². The highest BCUT2D eigenvalue weighted by molar-refractivity contribution is 5.85. The Morgan fingerprint density at radius 2 is 1.75 bits per heavy atom. The van der Waals surface area contributed by atoms with Gasteiger partial charge in [-0.1, -0.05) is 0 Å².